The number of likely N-dealkylation sites (N-methyl/N-ethyl adjacent to an activating group) is 1. The van der Waals surface area contributed by atoms with Crippen molar-refractivity contribution in [1.29, 1.82) is 0 Å². The molecule has 1 aliphatic rings. The van der Waals surface area contributed by atoms with Crippen LogP contribution in [0.2, 0.25) is 0 Å². The van der Waals surface area contributed by atoms with Crippen molar-refractivity contribution in [3.63, 3.8) is 0 Å². The maximum Gasteiger partial charge on any atom is 0.406 e. The number of hydrogen-bond acceptors (Lipinski definition) is 7. The Morgan fingerprint density at radius 3 is 2.62 bits per heavy atom. The molecule has 1 aliphatic heterocycles. The third-order valence-corrected chi connectivity index (χ3v) is 7.68. The molecule has 0 aliphatic carbocycles. The summed E-state index contributed by atoms with van der Waals surface area (Å²) in [4.78, 5) is 2.15. The van der Waals surface area contributed by atoms with E-state index >= 15 is 0 Å². The highest BCUT2D eigenvalue weighted by Crippen LogP contribution is 2.31. The van der Waals surface area contributed by atoms with Crippen LogP contribution in [0.3, 0.4) is 0 Å². The van der Waals surface area contributed by atoms with Crippen LogP contribution >= 0.6 is 0 Å². The van der Waals surface area contributed by atoms with Gasteiger partial charge in [-0.05, 0) is 50.3 Å². The smallest absolute Gasteiger partial charge is 0.406 e. The fourth-order valence-corrected chi connectivity index (χ4v) is 5.25. The number of piperidine rings is 1. The van der Waals surface area contributed by atoms with Crippen LogP contribution in [0.5, 0.6) is 5.75 Å². The number of sulfone groups is 1. The van der Waals surface area contributed by atoms with Gasteiger partial charge in [-0.15, -0.1) is 0 Å². The summed E-state index contributed by atoms with van der Waals surface area (Å²) in [5.41, 5.74) is 2.05. The summed E-state index contributed by atoms with van der Waals surface area (Å²) in [5, 5.41) is 17.6. The molecule has 3 N–H and O–H groups in total. The molecule has 2 atom stereocenters. The monoisotopic (exact) mass is 564 g/mol. The fraction of sp³-hybridized carbons (Fsp3) is 0.407. The van der Waals surface area contributed by atoms with Crippen molar-refractivity contribution in [2.45, 2.75) is 36.2 Å². The second-order valence-corrected chi connectivity index (χ2v) is 11.7. The lowest BCUT2D eigenvalue weighted by molar-refractivity contribution is -0.139. The van der Waals surface area contributed by atoms with Crippen molar-refractivity contribution in [3.05, 3.63) is 48.2 Å². The van der Waals surface area contributed by atoms with Gasteiger partial charge >= 0.3 is 6.18 Å². The Hall–Kier alpha value is -3.40. The van der Waals surface area contributed by atoms with Gasteiger partial charge in [-0.25, -0.2) is 8.42 Å². The molecule has 4 rings (SSSR count). The van der Waals surface area contributed by atoms with Gasteiger partial charge in [0.1, 0.15) is 12.3 Å². The van der Waals surface area contributed by atoms with Gasteiger partial charge in [0.25, 0.3) is 0 Å². The van der Waals surface area contributed by atoms with Crippen molar-refractivity contribution in [2.24, 2.45) is 0 Å². The maximum atomic E-state index is 13.2. The lowest BCUT2D eigenvalue weighted by Crippen LogP contribution is -2.48. The van der Waals surface area contributed by atoms with Gasteiger partial charge in [-0.2, -0.15) is 13.2 Å². The van der Waals surface area contributed by atoms with E-state index in [-0.39, 0.29) is 17.5 Å². The van der Waals surface area contributed by atoms with Crippen molar-refractivity contribution in [1.82, 2.24) is 9.47 Å². The minimum absolute atomic E-state index is 0.126. The third kappa shape index (κ3) is 7.17. The van der Waals surface area contributed by atoms with Crippen LogP contribution in [0.4, 0.5) is 24.5 Å². The molecule has 1 fully saturated rings. The number of aliphatic hydroxyl groups excluding tert-OH is 1. The van der Waals surface area contributed by atoms with Crippen LogP contribution in [-0.4, -0.2) is 81.4 Å². The highest BCUT2D eigenvalue weighted by Gasteiger charge is 2.29. The SMILES string of the molecule is COc1cc(S(C)(=O)=O)ccc1NCC#Cc1cc(NC2CCN(C)CC2O)c2ccn(CC(F)(F)F)c2c1. The number of aromatic nitrogens is 1. The van der Waals surface area contributed by atoms with E-state index in [0.717, 1.165) is 17.4 Å². The number of nitrogens with one attached hydrogen (secondary N) is 2. The first-order valence-electron chi connectivity index (χ1n) is 12.3. The molecule has 2 unspecified atom stereocenters. The molecule has 8 nitrogen and oxygen atoms in total. The van der Waals surface area contributed by atoms with Crippen LogP contribution in [-0.2, 0) is 16.4 Å². The fourth-order valence-electron chi connectivity index (χ4n) is 4.61. The van der Waals surface area contributed by atoms with Crippen molar-refractivity contribution >= 4 is 32.1 Å². The van der Waals surface area contributed by atoms with Crippen molar-refractivity contribution in [3.8, 4) is 17.6 Å². The van der Waals surface area contributed by atoms with Gasteiger partial charge in [0.2, 0.25) is 0 Å². The van der Waals surface area contributed by atoms with E-state index in [2.05, 4.69) is 22.5 Å². The predicted octanol–water partition coefficient (Wildman–Crippen LogP) is 3.56. The number of methoxy groups -OCH3 is 1. The van der Waals surface area contributed by atoms with Gasteiger partial charge in [0, 0.05) is 41.7 Å². The summed E-state index contributed by atoms with van der Waals surface area (Å²) in [7, 11) is -0.0396. The van der Waals surface area contributed by atoms with E-state index in [1.807, 2.05) is 11.9 Å². The van der Waals surface area contributed by atoms with Crippen LogP contribution < -0.4 is 15.4 Å². The first-order chi connectivity index (χ1) is 18.3. The summed E-state index contributed by atoms with van der Waals surface area (Å²) in [6.07, 6.45) is -1.82. The lowest BCUT2D eigenvalue weighted by Gasteiger charge is -2.34. The molecule has 2 aromatic carbocycles. The lowest BCUT2D eigenvalue weighted by atomic mass is 10.0. The quantitative estimate of drug-likeness (QED) is 0.378. The van der Waals surface area contributed by atoms with Crippen molar-refractivity contribution < 1.29 is 31.4 Å². The number of hydrogen-bond donors (Lipinski definition) is 3. The molecule has 0 spiro atoms. The highest BCUT2D eigenvalue weighted by atomic mass is 32.2. The molecule has 2 heterocycles. The minimum atomic E-state index is -4.39. The molecular formula is C27H31F3N4O4S. The Morgan fingerprint density at radius 1 is 1.18 bits per heavy atom. The predicted molar refractivity (Wildman–Crippen MR) is 145 cm³/mol. The number of ether oxygens (including phenoxy) is 1. The highest BCUT2D eigenvalue weighted by molar-refractivity contribution is 7.90. The van der Waals surface area contributed by atoms with E-state index in [1.165, 1.54) is 25.4 Å². The number of nitrogens with zero attached hydrogens (tertiary/aromatic N) is 2. The molecule has 12 heteroatoms. The van der Waals surface area contributed by atoms with Gasteiger partial charge in [-0.3, -0.25) is 0 Å². The second kappa shape index (κ2) is 11.4. The van der Waals surface area contributed by atoms with E-state index in [0.29, 0.717) is 46.6 Å². The van der Waals surface area contributed by atoms with Crippen LogP contribution in [0.15, 0.2) is 47.5 Å². The zero-order valence-electron chi connectivity index (χ0n) is 21.8. The minimum Gasteiger partial charge on any atom is -0.495 e. The second-order valence-electron chi connectivity index (χ2n) is 9.67. The maximum absolute atomic E-state index is 13.2. The number of fused-ring (bicyclic) bond motifs is 1. The van der Waals surface area contributed by atoms with Crippen LogP contribution in [0.1, 0.15) is 12.0 Å². The first kappa shape index (κ1) is 28.6. The molecule has 39 heavy (non-hydrogen) atoms. The zero-order chi connectivity index (χ0) is 28.4. The van der Waals surface area contributed by atoms with E-state index < -0.39 is 28.7 Å². The first-order valence-corrected chi connectivity index (χ1v) is 14.2. The summed E-state index contributed by atoms with van der Waals surface area (Å²) in [5.74, 6) is 6.31. The number of aliphatic hydroxyl groups is 1. The molecule has 1 aromatic heterocycles. The van der Waals surface area contributed by atoms with E-state index in [4.69, 9.17) is 4.74 Å². The summed E-state index contributed by atoms with van der Waals surface area (Å²) < 4.78 is 69.7. The van der Waals surface area contributed by atoms with E-state index in [1.54, 1.807) is 24.3 Å². The number of rotatable bonds is 7. The number of halogens is 3. The molecule has 0 amide bonds. The number of β-amino-alcohol motifs (C(OH)–C–C–N with tert-alkyl or cyclic N) is 1. The topological polar surface area (TPSA) is 95.8 Å². The van der Waals surface area contributed by atoms with Crippen molar-refractivity contribution in [2.75, 3.05) is 50.7 Å². The molecule has 1 saturated heterocycles. The Balaban J connectivity index is 1.60. The Morgan fingerprint density at radius 2 is 1.95 bits per heavy atom. The van der Waals surface area contributed by atoms with E-state index in [9.17, 15) is 26.7 Å². The third-order valence-electron chi connectivity index (χ3n) is 6.57. The largest absolute Gasteiger partial charge is 0.495 e. The number of likely N-dealkylation sites (tertiary alicyclic amines) is 1. The normalized spacial score (nSPS) is 18.4. The van der Waals surface area contributed by atoms with Gasteiger partial charge < -0.3 is 29.9 Å². The zero-order valence-corrected chi connectivity index (χ0v) is 22.7. The van der Waals surface area contributed by atoms with Crippen LogP contribution in [0.25, 0.3) is 10.9 Å². The average molecular weight is 565 g/mol. The summed E-state index contributed by atoms with van der Waals surface area (Å²) >= 11 is 0. The molecule has 0 saturated carbocycles. The van der Waals surface area contributed by atoms with Gasteiger partial charge in [0.05, 0.1) is 41.9 Å². The molecule has 0 radical (unpaired) electrons. The standard InChI is InChI=1S/C27H31F3N4O4S/c1-33-11-9-21(25(35)16-33)32-23-13-18(14-24-20(23)8-12-34(24)17-27(28,29)30)5-4-10-31-22-7-6-19(39(3,36)37)15-26(22)38-2/h6-8,12-15,21,25,31-32,35H,9-11,16-17H2,1-3H3. The number of benzene rings is 2. The summed E-state index contributed by atoms with van der Waals surface area (Å²) in [6, 6.07) is 9.25. The Kier molecular flexibility index (Phi) is 8.34. The Bertz CT molecular complexity index is 1510. The number of alkyl halides is 3. The van der Waals surface area contributed by atoms with Gasteiger partial charge in [-0.1, -0.05) is 11.8 Å². The van der Waals surface area contributed by atoms with Gasteiger partial charge in [0.15, 0.2) is 9.84 Å². The molecule has 3 aromatic rings. The molecule has 210 valence electrons. The molecule has 0 bridgehead atoms. The van der Waals surface area contributed by atoms with Crippen LogP contribution in [0, 0.1) is 11.8 Å². The molecular weight excluding hydrogens is 533 g/mol. The average Bonchev–Trinajstić information content (AvgIpc) is 3.24. The number of anilines is 2. The Labute approximate surface area is 225 Å². The summed E-state index contributed by atoms with van der Waals surface area (Å²) in [6.45, 7) is 0.323.